The summed E-state index contributed by atoms with van der Waals surface area (Å²) in [7, 11) is 0. The standard InChI is InChI=1S/C16H22N2O3/c1-2-17-15(20)12-5-7-13(8-6-12)18-14(19)11-16(21)9-3-4-10-16/h5-8,21H,2-4,9-11H2,1H3,(H,17,20)(H,18,19). The summed E-state index contributed by atoms with van der Waals surface area (Å²) in [5, 5.41) is 15.7. The van der Waals surface area contributed by atoms with Crippen molar-refractivity contribution >= 4 is 17.5 Å². The van der Waals surface area contributed by atoms with Gasteiger partial charge in [0.2, 0.25) is 5.91 Å². The molecule has 5 nitrogen and oxygen atoms in total. The van der Waals surface area contributed by atoms with Gasteiger partial charge in [-0.3, -0.25) is 9.59 Å². The molecule has 5 heteroatoms. The van der Waals surface area contributed by atoms with E-state index in [2.05, 4.69) is 10.6 Å². The minimum absolute atomic E-state index is 0.129. The Morgan fingerprint density at radius 3 is 2.38 bits per heavy atom. The van der Waals surface area contributed by atoms with E-state index >= 15 is 0 Å². The summed E-state index contributed by atoms with van der Waals surface area (Å²) >= 11 is 0. The maximum atomic E-state index is 11.9. The van der Waals surface area contributed by atoms with E-state index in [1.165, 1.54) is 0 Å². The molecule has 0 aliphatic heterocycles. The van der Waals surface area contributed by atoms with Crippen molar-refractivity contribution in [2.24, 2.45) is 0 Å². The van der Waals surface area contributed by atoms with Crippen LogP contribution in [0.15, 0.2) is 24.3 Å². The molecule has 0 saturated heterocycles. The smallest absolute Gasteiger partial charge is 0.251 e. The van der Waals surface area contributed by atoms with Crippen molar-refractivity contribution in [2.45, 2.75) is 44.6 Å². The Hall–Kier alpha value is -1.88. The summed E-state index contributed by atoms with van der Waals surface area (Å²) in [6, 6.07) is 6.73. The van der Waals surface area contributed by atoms with Crippen LogP contribution in [0.3, 0.4) is 0 Å². The third-order valence-corrected chi connectivity index (χ3v) is 3.79. The van der Waals surface area contributed by atoms with Crippen LogP contribution < -0.4 is 10.6 Å². The lowest BCUT2D eigenvalue weighted by molar-refractivity contribution is -0.120. The van der Waals surface area contributed by atoms with Crippen LogP contribution in [0.5, 0.6) is 0 Å². The van der Waals surface area contributed by atoms with Crippen molar-refractivity contribution in [1.82, 2.24) is 5.32 Å². The maximum absolute atomic E-state index is 11.9. The summed E-state index contributed by atoms with van der Waals surface area (Å²) in [4.78, 5) is 23.6. The van der Waals surface area contributed by atoms with Gasteiger partial charge in [-0.05, 0) is 44.0 Å². The van der Waals surface area contributed by atoms with Crippen LogP contribution >= 0.6 is 0 Å². The first-order valence-corrected chi connectivity index (χ1v) is 7.43. The zero-order valence-electron chi connectivity index (χ0n) is 12.3. The van der Waals surface area contributed by atoms with Crippen molar-refractivity contribution in [3.63, 3.8) is 0 Å². The van der Waals surface area contributed by atoms with Crippen LogP contribution in [0.25, 0.3) is 0 Å². The number of carbonyl (C=O) groups is 2. The first kappa shape index (κ1) is 15.5. The van der Waals surface area contributed by atoms with Crippen LogP contribution in [-0.4, -0.2) is 29.1 Å². The van der Waals surface area contributed by atoms with E-state index in [1.54, 1.807) is 24.3 Å². The fourth-order valence-corrected chi connectivity index (χ4v) is 2.68. The van der Waals surface area contributed by atoms with Crippen LogP contribution in [-0.2, 0) is 4.79 Å². The van der Waals surface area contributed by atoms with Crippen molar-refractivity contribution in [3.8, 4) is 0 Å². The zero-order chi connectivity index (χ0) is 15.3. The second-order valence-electron chi connectivity index (χ2n) is 5.59. The predicted molar refractivity (Wildman–Crippen MR) is 81.1 cm³/mol. The molecule has 1 aromatic rings. The summed E-state index contributed by atoms with van der Waals surface area (Å²) in [5.41, 5.74) is 0.351. The van der Waals surface area contributed by atoms with Crippen LogP contribution in [0.4, 0.5) is 5.69 Å². The number of anilines is 1. The normalized spacial score (nSPS) is 16.5. The molecule has 0 heterocycles. The Kier molecular flexibility index (Phi) is 4.96. The largest absolute Gasteiger partial charge is 0.389 e. The minimum atomic E-state index is -0.842. The summed E-state index contributed by atoms with van der Waals surface area (Å²) in [6.07, 6.45) is 3.47. The van der Waals surface area contributed by atoms with Crippen LogP contribution in [0.1, 0.15) is 49.4 Å². The lowest BCUT2D eigenvalue weighted by Crippen LogP contribution is -2.30. The number of benzene rings is 1. The van der Waals surface area contributed by atoms with Gasteiger partial charge in [0.15, 0.2) is 0 Å². The molecular formula is C16H22N2O3. The molecule has 2 amide bonds. The first-order chi connectivity index (χ1) is 10.0. The highest BCUT2D eigenvalue weighted by molar-refractivity contribution is 5.95. The molecule has 21 heavy (non-hydrogen) atoms. The molecule has 1 aliphatic carbocycles. The van der Waals surface area contributed by atoms with Crippen molar-refractivity contribution < 1.29 is 14.7 Å². The molecule has 1 aromatic carbocycles. The second-order valence-corrected chi connectivity index (χ2v) is 5.59. The maximum Gasteiger partial charge on any atom is 0.251 e. The average Bonchev–Trinajstić information content (AvgIpc) is 2.86. The van der Waals surface area contributed by atoms with Gasteiger partial charge in [0.05, 0.1) is 12.0 Å². The summed E-state index contributed by atoms with van der Waals surface area (Å²) < 4.78 is 0. The molecule has 114 valence electrons. The number of aliphatic hydroxyl groups is 1. The number of carbonyl (C=O) groups excluding carboxylic acids is 2. The molecular weight excluding hydrogens is 268 g/mol. The van der Waals surface area contributed by atoms with Gasteiger partial charge in [-0.2, -0.15) is 0 Å². The Morgan fingerprint density at radius 2 is 1.81 bits per heavy atom. The highest BCUT2D eigenvalue weighted by atomic mass is 16.3. The number of amides is 2. The highest BCUT2D eigenvalue weighted by Crippen LogP contribution is 2.32. The Bertz CT molecular complexity index is 505. The molecule has 1 aliphatic rings. The highest BCUT2D eigenvalue weighted by Gasteiger charge is 2.33. The van der Waals surface area contributed by atoms with Gasteiger partial charge < -0.3 is 15.7 Å². The SMILES string of the molecule is CCNC(=O)c1ccc(NC(=O)CC2(O)CCCC2)cc1. The molecule has 0 radical (unpaired) electrons. The van der Waals surface area contributed by atoms with Crippen molar-refractivity contribution in [2.75, 3.05) is 11.9 Å². The predicted octanol–water partition coefficient (Wildman–Crippen LogP) is 2.07. The van der Waals surface area contributed by atoms with Gasteiger partial charge in [-0.25, -0.2) is 0 Å². The third-order valence-electron chi connectivity index (χ3n) is 3.79. The van der Waals surface area contributed by atoms with Crippen molar-refractivity contribution in [3.05, 3.63) is 29.8 Å². The molecule has 0 unspecified atom stereocenters. The van der Waals surface area contributed by atoms with E-state index in [4.69, 9.17) is 0 Å². The topological polar surface area (TPSA) is 78.4 Å². The van der Waals surface area contributed by atoms with Crippen molar-refractivity contribution in [1.29, 1.82) is 0 Å². The van der Waals surface area contributed by atoms with E-state index < -0.39 is 5.60 Å². The number of hydrogen-bond acceptors (Lipinski definition) is 3. The van der Waals surface area contributed by atoms with Gasteiger partial charge >= 0.3 is 0 Å². The monoisotopic (exact) mass is 290 g/mol. The Balaban J connectivity index is 1.90. The van der Waals surface area contributed by atoms with E-state index in [-0.39, 0.29) is 18.2 Å². The molecule has 1 fully saturated rings. The fourth-order valence-electron chi connectivity index (χ4n) is 2.68. The lowest BCUT2D eigenvalue weighted by Gasteiger charge is -2.21. The summed E-state index contributed by atoms with van der Waals surface area (Å²) in [5.74, 6) is -0.319. The number of nitrogens with one attached hydrogen (secondary N) is 2. The van der Waals surface area contributed by atoms with Gasteiger partial charge in [-0.1, -0.05) is 12.8 Å². The second kappa shape index (κ2) is 6.72. The van der Waals surface area contributed by atoms with Gasteiger partial charge in [-0.15, -0.1) is 0 Å². The Labute approximate surface area is 124 Å². The van der Waals surface area contributed by atoms with E-state index in [0.29, 0.717) is 30.6 Å². The first-order valence-electron chi connectivity index (χ1n) is 7.43. The minimum Gasteiger partial charge on any atom is -0.389 e. The molecule has 0 spiro atoms. The van der Waals surface area contributed by atoms with Gasteiger partial charge in [0.25, 0.3) is 5.91 Å². The number of rotatable bonds is 5. The number of hydrogen-bond donors (Lipinski definition) is 3. The third kappa shape index (κ3) is 4.29. The average molecular weight is 290 g/mol. The molecule has 0 atom stereocenters. The zero-order valence-corrected chi connectivity index (χ0v) is 12.3. The van der Waals surface area contributed by atoms with Gasteiger partial charge in [0, 0.05) is 17.8 Å². The van der Waals surface area contributed by atoms with Crippen LogP contribution in [0, 0.1) is 0 Å². The van der Waals surface area contributed by atoms with E-state index in [9.17, 15) is 14.7 Å². The summed E-state index contributed by atoms with van der Waals surface area (Å²) in [6.45, 7) is 2.44. The molecule has 2 rings (SSSR count). The van der Waals surface area contributed by atoms with Crippen LogP contribution in [0.2, 0.25) is 0 Å². The Morgan fingerprint density at radius 1 is 1.19 bits per heavy atom. The molecule has 1 saturated carbocycles. The lowest BCUT2D eigenvalue weighted by atomic mass is 9.97. The van der Waals surface area contributed by atoms with E-state index in [1.807, 2.05) is 6.92 Å². The van der Waals surface area contributed by atoms with E-state index in [0.717, 1.165) is 12.8 Å². The molecule has 3 N–H and O–H groups in total. The molecule has 0 aromatic heterocycles. The fraction of sp³-hybridized carbons (Fsp3) is 0.500. The molecule has 0 bridgehead atoms. The van der Waals surface area contributed by atoms with Gasteiger partial charge in [0.1, 0.15) is 0 Å². The quantitative estimate of drug-likeness (QED) is 0.777.